The van der Waals surface area contributed by atoms with Gasteiger partial charge in [-0.05, 0) is 43.4 Å². The van der Waals surface area contributed by atoms with Crippen LogP contribution < -0.4 is 5.32 Å². The fourth-order valence-electron chi connectivity index (χ4n) is 3.74. The van der Waals surface area contributed by atoms with Crippen molar-refractivity contribution in [1.29, 1.82) is 0 Å². The van der Waals surface area contributed by atoms with Crippen molar-refractivity contribution in [2.75, 3.05) is 13.2 Å². The summed E-state index contributed by atoms with van der Waals surface area (Å²) in [5, 5.41) is 2.87. The van der Waals surface area contributed by atoms with E-state index in [4.69, 9.17) is 4.74 Å². The Hall–Kier alpha value is -2.10. The van der Waals surface area contributed by atoms with E-state index in [2.05, 4.69) is 11.9 Å². The smallest absolute Gasteiger partial charge is 0.313 e. The SMILES string of the molecule is C=C1CC2COC(=O)C2(Cc2ccc(C(=O)NCCC)cc2)C1. The molecule has 3 rings (SSSR count). The molecular formula is C19H23NO3. The van der Waals surface area contributed by atoms with E-state index in [9.17, 15) is 9.59 Å². The number of carbonyl (C=O) groups is 2. The Balaban J connectivity index is 1.74. The van der Waals surface area contributed by atoms with Crippen molar-refractivity contribution >= 4 is 11.9 Å². The molecule has 1 heterocycles. The van der Waals surface area contributed by atoms with Gasteiger partial charge in [0.05, 0.1) is 12.0 Å². The number of nitrogens with one attached hydrogen (secondary N) is 1. The number of allylic oxidation sites excluding steroid dienone is 1. The van der Waals surface area contributed by atoms with Crippen LogP contribution in [0.3, 0.4) is 0 Å². The van der Waals surface area contributed by atoms with Gasteiger partial charge >= 0.3 is 5.97 Å². The molecule has 23 heavy (non-hydrogen) atoms. The third-order valence-electron chi connectivity index (χ3n) is 4.98. The van der Waals surface area contributed by atoms with Gasteiger partial charge in [0.25, 0.3) is 5.91 Å². The highest BCUT2D eigenvalue weighted by Crippen LogP contribution is 2.52. The molecule has 1 saturated heterocycles. The second kappa shape index (κ2) is 6.19. The van der Waals surface area contributed by atoms with Gasteiger partial charge in [-0.1, -0.05) is 31.2 Å². The maximum absolute atomic E-state index is 12.3. The normalized spacial score (nSPS) is 26.0. The molecule has 122 valence electrons. The highest BCUT2D eigenvalue weighted by Gasteiger charge is 2.55. The summed E-state index contributed by atoms with van der Waals surface area (Å²) < 4.78 is 5.31. The van der Waals surface area contributed by atoms with Gasteiger partial charge in [0.2, 0.25) is 0 Å². The molecular weight excluding hydrogens is 290 g/mol. The Bertz CT molecular complexity index is 635. The van der Waals surface area contributed by atoms with E-state index >= 15 is 0 Å². The van der Waals surface area contributed by atoms with E-state index < -0.39 is 5.41 Å². The summed E-state index contributed by atoms with van der Waals surface area (Å²) in [7, 11) is 0. The van der Waals surface area contributed by atoms with Gasteiger partial charge in [0.1, 0.15) is 0 Å². The Kier molecular flexibility index (Phi) is 4.24. The first kappa shape index (κ1) is 15.8. The van der Waals surface area contributed by atoms with Crippen molar-refractivity contribution in [3.63, 3.8) is 0 Å². The Morgan fingerprint density at radius 1 is 1.39 bits per heavy atom. The van der Waals surface area contributed by atoms with Crippen molar-refractivity contribution in [2.24, 2.45) is 11.3 Å². The largest absolute Gasteiger partial charge is 0.465 e. The number of esters is 1. The number of carbonyl (C=O) groups excluding carboxylic acids is 2. The Labute approximate surface area is 136 Å². The summed E-state index contributed by atoms with van der Waals surface area (Å²) in [4.78, 5) is 24.2. The van der Waals surface area contributed by atoms with Crippen molar-refractivity contribution in [3.8, 4) is 0 Å². The van der Waals surface area contributed by atoms with E-state index in [1.54, 1.807) is 0 Å². The monoisotopic (exact) mass is 313 g/mol. The first-order valence-electron chi connectivity index (χ1n) is 8.26. The van der Waals surface area contributed by atoms with Crippen LogP contribution in [0, 0.1) is 11.3 Å². The lowest BCUT2D eigenvalue weighted by Crippen LogP contribution is -2.31. The lowest BCUT2D eigenvalue weighted by molar-refractivity contribution is -0.146. The molecule has 2 fully saturated rings. The van der Waals surface area contributed by atoms with Crippen molar-refractivity contribution in [2.45, 2.75) is 32.6 Å². The van der Waals surface area contributed by atoms with Gasteiger partial charge < -0.3 is 10.1 Å². The molecule has 1 aromatic rings. The number of ether oxygens (including phenoxy) is 1. The molecule has 2 unspecified atom stereocenters. The molecule has 1 aliphatic carbocycles. The maximum atomic E-state index is 12.3. The zero-order valence-electron chi connectivity index (χ0n) is 13.6. The minimum absolute atomic E-state index is 0.0519. The van der Waals surface area contributed by atoms with Gasteiger partial charge in [0.15, 0.2) is 0 Å². The molecule has 0 aromatic heterocycles. The molecule has 1 aliphatic heterocycles. The summed E-state index contributed by atoms with van der Waals surface area (Å²) in [5.41, 5.74) is 2.42. The maximum Gasteiger partial charge on any atom is 0.313 e. The summed E-state index contributed by atoms with van der Waals surface area (Å²) in [6.45, 7) is 7.28. The fraction of sp³-hybridized carbons (Fsp3) is 0.474. The van der Waals surface area contributed by atoms with Gasteiger partial charge in [-0.25, -0.2) is 0 Å². The minimum Gasteiger partial charge on any atom is -0.465 e. The van der Waals surface area contributed by atoms with E-state index in [0.717, 1.165) is 30.4 Å². The molecule has 2 aliphatic rings. The topological polar surface area (TPSA) is 55.4 Å². The van der Waals surface area contributed by atoms with Crippen LogP contribution in [0.2, 0.25) is 0 Å². The average molecular weight is 313 g/mol. The number of hydrogen-bond donors (Lipinski definition) is 1. The fourth-order valence-corrected chi connectivity index (χ4v) is 3.74. The van der Waals surface area contributed by atoms with Crippen LogP contribution in [0.25, 0.3) is 0 Å². The number of benzene rings is 1. The summed E-state index contributed by atoms with van der Waals surface area (Å²) in [6.07, 6.45) is 3.17. The molecule has 0 spiro atoms. The van der Waals surface area contributed by atoms with Crippen LogP contribution in [0.5, 0.6) is 0 Å². The Morgan fingerprint density at radius 3 is 2.83 bits per heavy atom. The molecule has 0 radical (unpaired) electrons. The van der Waals surface area contributed by atoms with Crippen molar-refractivity contribution < 1.29 is 14.3 Å². The van der Waals surface area contributed by atoms with Crippen molar-refractivity contribution in [3.05, 3.63) is 47.5 Å². The summed E-state index contributed by atoms with van der Waals surface area (Å²) in [5.74, 6) is 0.102. The minimum atomic E-state index is -0.441. The molecule has 4 nitrogen and oxygen atoms in total. The second-order valence-electron chi connectivity index (χ2n) is 6.71. The van der Waals surface area contributed by atoms with Crippen LogP contribution in [0.15, 0.2) is 36.4 Å². The zero-order chi connectivity index (χ0) is 16.4. The van der Waals surface area contributed by atoms with Gasteiger partial charge in [-0.15, -0.1) is 0 Å². The van der Waals surface area contributed by atoms with E-state index in [1.165, 1.54) is 0 Å². The first-order valence-corrected chi connectivity index (χ1v) is 8.26. The molecule has 1 aromatic carbocycles. The van der Waals surface area contributed by atoms with E-state index in [1.807, 2.05) is 31.2 Å². The zero-order valence-corrected chi connectivity index (χ0v) is 13.6. The molecule has 1 N–H and O–H groups in total. The quantitative estimate of drug-likeness (QED) is 0.672. The molecule has 2 atom stereocenters. The highest BCUT2D eigenvalue weighted by atomic mass is 16.5. The van der Waals surface area contributed by atoms with Crippen LogP contribution in [0.1, 0.15) is 42.1 Å². The van der Waals surface area contributed by atoms with E-state index in [0.29, 0.717) is 25.1 Å². The molecule has 4 heteroatoms. The second-order valence-corrected chi connectivity index (χ2v) is 6.71. The van der Waals surface area contributed by atoms with Gasteiger partial charge in [0, 0.05) is 18.0 Å². The summed E-state index contributed by atoms with van der Waals surface area (Å²) in [6, 6.07) is 7.55. The number of fused-ring (bicyclic) bond motifs is 1. The third-order valence-corrected chi connectivity index (χ3v) is 4.98. The summed E-state index contributed by atoms with van der Waals surface area (Å²) >= 11 is 0. The number of hydrogen-bond acceptors (Lipinski definition) is 3. The van der Waals surface area contributed by atoms with Crippen LogP contribution in [-0.4, -0.2) is 25.0 Å². The molecule has 0 bridgehead atoms. The average Bonchev–Trinajstić information content (AvgIpc) is 3.01. The predicted octanol–water partition coefficient (Wildman–Crippen LogP) is 2.88. The number of rotatable bonds is 5. The lowest BCUT2D eigenvalue weighted by Gasteiger charge is -2.24. The molecule has 1 saturated carbocycles. The molecule has 1 amide bonds. The highest BCUT2D eigenvalue weighted by molar-refractivity contribution is 5.94. The standard InChI is InChI=1S/C19H23NO3/c1-3-8-20-17(21)15-6-4-14(5-7-15)11-19-10-13(2)9-16(19)12-23-18(19)22/h4-7,16H,2-3,8-12H2,1H3,(H,20,21). The first-order chi connectivity index (χ1) is 11.0. The van der Waals surface area contributed by atoms with Gasteiger partial charge in [-0.3, -0.25) is 9.59 Å². The van der Waals surface area contributed by atoms with E-state index in [-0.39, 0.29) is 17.8 Å². The predicted molar refractivity (Wildman–Crippen MR) is 88.0 cm³/mol. The number of amides is 1. The van der Waals surface area contributed by atoms with Crippen LogP contribution in [0.4, 0.5) is 0 Å². The lowest BCUT2D eigenvalue weighted by atomic mass is 9.75. The van der Waals surface area contributed by atoms with Gasteiger partial charge in [-0.2, -0.15) is 0 Å². The van der Waals surface area contributed by atoms with Crippen LogP contribution in [-0.2, 0) is 16.0 Å². The third kappa shape index (κ3) is 2.90. The van der Waals surface area contributed by atoms with Crippen molar-refractivity contribution in [1.82, 2.24) is 5.32 Å². The van der Waals surface area contributed by atoms with Crippen LogP contribution >= 0.6 is 0 Å². The Morgan fingerprint density at radius 2 is 2.13 bits per heavy atom. The number of cyclic esters (lactones) is 1.